The van der Waals surface area contributed by atoms with Gasteiger partial charge in [0.05, 0.1) is 19.8 Å². The fourth-order valence-electron chi connectivity index (χ4n) is 4.51. The Morgan fingerprint density at radius 1 is 1.19 bits per heavy atom. The molecule has 0 saturated carbocycles. The summed E-state index contributed by atoms with van der Waals surface area (Å²) >= 11 is 0. The lowest BCUT2D eigenvalue weighted by Gasteiger charge is -2.27. The van der Waals surface area contributed by atoms with Crippen molar-refractivity contribution in [2.45, 2.75) is 25.6 Å². The number of halogens is 3. The Morgan fingerprint density at radius 2 is 1.84 bits per heavy atom. The molecule has 0 spiro atoms. The first-order valence-corrected chi connectivity index (χ1v) is 10.7. The zero-order valence-corrected chi connectivity index (χ0v) is 17.9. The Morgan fingerprint density at radius 3 is 2.47 bits per heavy atom. The van der Waals surface area contributed by atoms with E-state index >= 15 is 0 Å². The van der Waals surface area contributed by atoms with E-state index in [1.165, 1.54) is 5.56 Å². The molecule has 178 valence electrons. The number of ether oxygens (including phenoxy) is 2. The van der Waals surface area contributed by atoms with Gasteiger partial charge in [0.15, 0.2) is 0 Å². The molecule has 2 atom stereocenters. The van der Waals surface area contributed by atoms with Gasteiger partial charge in [-0.2, -0.15) is 13.2 Å². The molecule has 1 aromatic carbocycles. The van der Waals surface area contributed by atoms with E-state index < -0.39 is 12.1 Å². The highest BCUT2D eigenvalue weighted by Crippen LogP contribution is 2.42. The second kappa shape index (κ2) is 10.6. The zero-order chi connectivity index (χ0) is 23.2. The smallest absolute Gasteiger partial charge is 0.475 e. The van der Waals surface area contributed by atoms with Crippen LogP contribution in [-0.4, -0.2) is 85.6 Å². The number of fused-ring (bicyclic) bond motifs is 1. The minimum atomic E-state index is -5.08. The molecule has 0 aliphatic carbocycles. The number of rotatable bonds is 6. The molecule has 3 aliphatic heterocycles. The molecule has 1 aromatic rings. The number of benzene rings is 1. The van der Waals surface area contributed by atoms with E-state index in [0.717, 1.165) is 58.8 Å². The first-order chi connectivity index (χ1) is 15.2. The number of alkyl halides is 3. The van der Waals surface area contributed by atoms with Crippen molar-refractivity contribution in [1.82, 2.24) is 9.80 Å². The molecule has 3 fully saturated rings. The summed E-state index contributed by atoms with van der Waals surface area (Å²) in [6.07, 6.45) is -2.83. The molecule has 3 aliphatic rings. The number of nitrogens with zero attached hydrogens (tertiary/aromatic N) is 2. The van der Waals surface area contributed by atoms with Gasteiger partial charge in [-0.3, -0.25) is 9.69 Å². The average molecular weight is 458 g/mol. The summed E-state index contributed by atoms with van der Waals surface area (Å²) in [4.78, 5) is 25.5. The Balaban J connectivity index is 0.000000360. The monoisotopic (exact) mass is 458 g/mol. The van der Waals surface area contributed by atoms with Gasteiger partial charge in [0.25, 0.3) is 0 Å². The minimum absolute atomic E-state index is 0.0556. The lowest BCUT2D eigenvalue weighted by atomic mass is 9.82. The lowest BCUT2D eigenvalue weighted by Crippen LogP contribution is -2.38. The summed E-state index contributed by atoms with van der Waals surface area (Å²) in [5.41, 5.74) is 1.41. The summed E-state index contributed by atoms with van der Waals surface area (Å²) in [5.74, 6) is -2.10. The van der Waals surface area contributed by atoms with E-state index in [-0.39, 0.29) is 17.9 Å². The summed E-state index contributed by atoms with van der Waals surface area (Å²) in [6.45, 7) is 7.22. The van der Waals surface area contributed by atoms with E-state index in [4.69, 9.17) is 19.4 Å². The third kappa shape index (κ3) is 6.43. The molecule has 4 rings (SSSR count). The van der Waals surface area contributed by atoms with E-state index in [1.807, 2.05) is 4.90 Å². The Hall–Kier alpha value is -2.17. The van der Waals surface area contributed by atoms with Crippen LogP contribution in [-0.2, 0) is 25.6 Å². The highest BCUT2D eigenvalue weighted by molar-refractivity contribution is 5.77. The molecular weight excluding hydrogens is 429 g/mol. The molecule has 7 nitrogen and oxygen atoms in total. The van der Waals surface area contributed by atoms with Crippen molar-refractivity contribution in [1.29, 1.82) is 0 Å². The number of carbonyl (C=O) groups is 2. The normalized spacial score (nSPS) is 25.3. The van der Waals surface area contributed by atoms with Gasteiger partial charge in [-0.05, 0) is 18.4 Å². The Labute approximate surface area is 185 Å². The van der Waals surface area contributed by atoms with E-state index in [2.05, 4.69) is 35.2 Å². The lowest BCUT2D eigenvalue weighted by molar-refractivity contribution is -0.192. The number of aliphatic carboxylic acids is 1. The second-order valence-electron chi connectivity index (χ2n) is 8.61. The van der Waals surface area contributed by atoms with Crippen LogP contribution in [0.25, 0.3) is 0 Å². The summed E-state index contributed by atoms with van der Waals surface area (Å²) in [7, 11) is 0. The third-order valence-corrected chi connectivity index (χ3v) is 6.16. The van der Waals surface area contributed by atoms with Gasteiger partial charge in [-0.15, -0.1) is 0 Å². The molecule has 0 unspecified atom stereocenters. The highest BCUT2D eigenvalue weighted by atomic mass is 19.4. The fraction of sp³-hybridized carbons (Fsp3) is 0.636. The number of carboxylic acids is 1. The predicted octanol–water partition coefficient (Wildman–Crippen LogP) is 2.41. The largest absolute Gasteiger partial charge is 0.490 e. The first-order valence-electron chi connectivity index (χ1n) is 10.7. The molecule has 0 radical (unpaired) electrons. The molecule has 1 amide bonds. The van der Waals surface area contributed by atoms with Crippen molar-refractivity contribution in [2.75, 3.05) is 52.6 Å². The van der Waals surface area contributed by atoms with Gasteiger partial charge in [0.1, 0.15) is 6.61 Å². The van der Waals surface area contributed by atoms with Crippen LogP contribution in [0.5, 0.6) is 0 Å². The van der Waals surface area contributed by atoms with E-state index in [1.54, 1.807) is 0 Å². The molecule has 3 heterocycles. The number of likely N-dealkylation sites (tertiary alicyclic amines) is 2. The van der Waals surface area contributed by atoms with E-state index in [9.17, 15) is 18.0 Å². The van der Waals surface area contributed by atoms with Gasteiger partial charge in [-0.1, -0.05) is 30.3 Å². The molecular formula is C22H29F3N2O5. The number of carboxylic acid groups (broad SMARTS) is 1. The highest BCUT2D eigenvalue weighted by Gasteiger charge is 2.50. The van der Waals surface area contributed by atoms with Crippen molar-refractivity contribution in [3.63, 3.8) is 0 Å². The van der Waals surface area contributed by atoms with Gasteiger partial charge in [0.2, 0.25) is 5.91 Å². The van der Waals surface area contributed by atoms with Gasteiger partial charge >= 0.3 is 12.1 Å². The summed E-state index contributed by atoms with van der Waals surface area (Å²) in [6, 6.07) is 10.6. The third-order valence-electron chi connectivity index (χ3n) is 6.16. The van der Waals surface area contributed by atoms with Crippen molar-refractivity contribution in [3.05, 3.63) is 35.9 Å². The van der Waals surface area contributed by atoms with Crippen LogP contribution in [0.4, 0.5) is 13.2 Å². The van der Waals surface area contributed by atoms with Crippen molar-refractivity contribution in [2.24, 2.45) is 11.3 Å². The zero-order valence-electron chi connectivity index (χ0n) is 17.9. The Bertz CT molecular complexity index is 771. The number of amides is 1. The maximum atomic E-state index is 12.2. The minimum Gasteiger partial charge on any atom is -0.475 e. The van der Waals surface area contributed by atoms with Gasteiger partial charge in [-0.25, -0.2) is 4.79 Å². The predicted molar refractivity (Wildman–Crippen MR) is 109 cm³/mol. The summed E-state index contributed by atoms with van der Waals surface area (Å²) in [5, 5.41) is 7.12. The molecule has 0 bridgehead atoms. The SMILES string of the molecule is O=C(COC[C@]12COC[C@H]1CN(Cc1ccccc1)C2)N1CCCC1.O=C(O)C(F)(F)F. The quantitative estimate of drug-likeness (QED) is 0.706. The maximum absolute atomic E-state index is 12.2. The molecule has 1 N–H and O–H groups in total. The van der Waals surface area contributed by atoms with Gasteiger partial charge in [0, 0.05) is 44.1 Å². The molecule has 32 heavy (non-hydrogen) atoms. The first kappa shape index (κ1) is 24.5. The van der Waals surface area contributed by atoms with Crippen LogP contribution in [0.3, 0.4) is 0 Å². The number of carbonyl (C=O) groups excluding carboxylic acids is 1. The van der Waals surface area contributed by atoms with Crippen LogP contribution in [0.15, 0.2) is 30.3 Å². The van der Waals surface area contributed by atoms with Crippen LogP contribution >= 0.6 is 0 Å². The molecule has 10 heteroatoms. The van der Waals surface area contributed by atoms with Crippen molar-refractivity contribution in [3.8, 4) is 0 Å². The molecule has 0 aromatic heterocycles. The second-order valence-corrected chi connectivity index (χ2v) is 8.61. The van der Waals surface area contributed by atoms with Crippen LogP contribution in [0.2, 0.25) is 0 Å². The molecule has 3 saturated heterocycles. The van der Waals surface area contributed by atoms with Crippen LogP contribution < -0.4 is 0 Å². The number of hydrogen-bond donors (Lipinski definition) is 1. The van der Waals surface area contributed by atoms with Gasteiger partial charge < -0.3 is 19.5 Å². The van der Waals surface area contributed by atoms with E-state index in [0.29, 0.717) is 12.5 Å². The van der Waals surface area contributed by atoms with Crippen LogP contribution in [0.1, 0.15) is 18.4 Å². The standard InChI is InChI=1S/C20H28N2O3.C2HF3O2/c23-19(22-8-4-5-9-22)13-25-16-20-14-21(11-18(20)12-24-15-20)10-17-6-2-1-3-7-17;3-2(4,5)1(6)7/h1-3,6-7,18H,4-5,8-16H2;(H,6,7)/t18-,20+;/m1./s1. The van der Waals surface area contributed by atoms with Crippen LogP contribution in [0, 0.1) is 11.3 Å². The fourth-order valence-corrected chi connectivity index (χ4v) is 4.51. The topological polar surface area (TPSA) is 79.3 Å². The van der Waals surface area contributed by atoms with Crippen molar-refractivity contribution >= 4 is 11.9 Å². The maximum Gasteiger partial charge on any atom is 0.490 e. The average Bonchev–Trinajstić information content (AvgIpc) is 3.45. The Kier molecular flexibility index (Phi) is 8.13. The summed E-state index contributed by atoms with van der Waals surface area (Å²) < 4.78 is 43.4. The van der Waals surface area contributed by atoms with Crippen molar-refractivity contribution < 1.29 is 37.3 Å². The number of hydrogen-bond acceptors (Lipinski definition) is 5.